The number of hydrogen-bond acceptors (Lipinski definition) is 4. The summed E-state index contributed by atoms with van der Waals surface area (Å²) in [6.07, 6.45) is 3.27. The first kappa shape index (κ1) is 19.0. The molecule has 0 aliphatic heterocycles. The molecule has 1 amide bonds. The molecule has 1 aromatic heterocycles. The van der Waals surface area contributed by atoms with Gasteiger partial charge in [-0.1, -0.05) is 65.3 Å². The molecule has 0 radical (unpaired) electrons. The van der Waals surface area contributed by atoms with Crippen LogP contribution in [0.1, 0.15) is 36.7 Å². The Hall–Kier alpha value is -2.73. The van der Waals surface area contributed by atoms with Crippen LogP contribution in [0.4, 0.5) is 5.69 Å². The number of amides is 1. The van der Waals surface area contributed by atoms with Crippen molar-refractivity contribution in [3.05, 3.63) is 70.0 Å². The van der Waals surface area contributed by atoms with Crippen LogP contribution in [0.25, 0.3) is 17.5 Å². The van der Waals surface area contributed by atoms with Gasteiger partial charge in [0, 0.05) is 16.5 Å². The van der Waals surface area contributed by atoms with Gasteiger partial charge in [-0.3, -0.25) is 4.79 Å². The van der Waals surface area contributed by atoms with Gasteiger partial charge in [0.25, 0.3) is 5.89 Å². The van der Waals surface area contributed by atoms with Crippen LogP contribution in [0.3, 0.4) is 0 Å². The molecule has 0 saturated carbocycles. The topological polar surface area (TPSA) is 68.0 Å². The van der Waals surface area contributed by atoms with E-state index >= 15 is 0 Å². The Labute approximate surface area is 166 Å². The molecule has 0 fully saturated rings. The summed E-state index contributed by atoms with van der Waals surface area (Å²) in [4.78, 5) is 16.9. The number of carbonyl (C=O) groups excluding carboxylic acids is 1. The summed E-state index contributed by atoms with van der Waals surface area (Å²) in [6.45, 7) is 5.93. The number of benzene rings is 2. The highest BCUT2D eigenvalue weighted by Crippen LogP contribution is 2.30. The van der Waals surface area contributed by atoms with E-state index in [0.29, 0.717) is 23.0 Å². The molecule has 1 heterocycles. The summed E-state index contributed by atoms with van der Waals surface area (Å²) in [5.74, 6) is 0.965. The molecule has 6 heteroatoms. The monoisotopic (exact) mass is 425 g/mol. The zero-order valence-electron chi connectivity index (χ0n) is 15.4. The van der Waals surface area contributed by atoms with Crippen LogP contribution >= 0.6 is 15.9 Å². The molecule has 0 bridgehead atoms. The summed E-state index contributed by atoms with van der Waals surface area (Å²) in [7, 11) is 0. The van der Waals surface area contributed by atoms with Crippen LogP contribution in [0.2, 0.25) is 0 Å². The van der Waals surface area contributed by atoms with Crippen molar-refractivity contribution in [1.29, 1.82) is 0 Å². The summed E-state index contributed by atoms with van der Waals surface area (Å²) in [6, 6.07) is 13.4. The van der Waals surface area contributed by atoms with Gasteiger partial charge >= 0.3 is 0 Å². The number of rotatable bonds is 5. The maximum Gasteiger partial charge on any atom is 0.260 e. The van der Waals surface area contributed by atoms with E-state index in [1.54, 1.807) is 6.08 Å². The first-order chi connectivity index (χ1) is 13.0. The molecule has 138 valence electrons. The average molecular weight is 426 g/mol. The Morgan fingerprint density at radius 3 is 2.67 bits per heavy atom. The van der Waals surface area contributed by atoms with Gasteiger partial charge in [-0.2, -0.15) is 4.98 Å². The second-order valence-corrected chi connectivity index (χ2v) is 7.31. The van der Waals surface area contributed by atoms with Gasteiger partial charge < -0.3 is 9.84 Å². The number of anilines is 1. The average Bonchev–Trinajstić information content (AvgIpc) is 3.13. The summed E-state index contributed by atoms with van der Waals surface area (Å²) < 4.78 is 6.33. The largest absolute Gasteiger partial charge is 0.334 e. The van der Waals surface area contributed by atoms with Crippen LogP contribution in [-0.4, -0.2) is 16.0 Å². The Kier molecular flexibility index (Phi) is 5.86. The first-order valence-electron chi connectivity index (χ1n) is 8.63. The lowest BCUT2D eigenvalue weighted by atomic mass is 10.1. The fraction of sp³-hybridized carbons (Fsp3) is 0.190. The fourth-order valence-electron chi connectivity index (χ4n) is 2.53. The van der Waals surface area contributed by atoms with Crippen molar-refractivity contribution < 1.29 is 9.32 Å². The lowest BCUT2D eigenvalue weighted by Gasteiger charge is -2.10. The van der Waals surface area contributed by atoms with Gasteiger partial charge in [0.2, 0.25) is 5.91 Å². The van der Waals surface area contributed by atoms with E-state index in [4.69, 9.17) is 4.52 Å². The number of halogens is 1. The predicted molar refractivity (Wildman–Crippen MR) is 110 cm³/mol. The summed E-state index contributed by atoms with van der Waals surface area (Å²) in [5, 5.41) is 6.95. The van der Waals surface area contributed by atoms with E-state index in [1.807, 2.05) is 63.2 Å². The number of nitrogens with one attached hydrogen (secondary N) is 1. The molecule has 2 aromatic carbocycles. The number of aryl methyl sites for hydroxylation is 1. The minimum absolute atomic E-state index is 0.164. The molecule has 0 unspecified atom stereocenters. The van der Waals surface area contributed by atoms with E-state index < -0.39 is 0 Å². The van der Waals surface area contributed by atoms with Gasteiger partial charge in [-0.05, 0) is 36.3 Å². The van der Waals surface area contributed by atoms with Gasteiger partial charge in [-0.15, -0.1) is 0 Å². The van der Waals surface area contributed by atoms with Crippen molar-refractivity contribution in [2.75, 3.05) is 5.32 Å². The highest BCUT2D eigenvalue weighted by atomic mass is 79.9. The number of para-hydroxylation sites is 1. The second-order valence-electron chi connectivity index (χ2n) is 6.45. The van der Waals surface area contributed by atoms with Crippen LogP contribution in [0.15, 0.2) is 57.5 Å². The Bertz CT molecular complexity index is 993. The maximum atomic E-state index is 12.5. The third-order valence-electron chi connectivity index (χ3n) is 4.03. The smallest absolute Gasteiger partial charge is 0.260 e. The van der Waals surface area contributed by atoms with Crippen molar-refractivity contribution in [1.82, 2.24) is 10.1 Å². The molecule has 0 aliphatic carbocycles. The van der Waals surface area contributed by atoms with Gasteiger partial charge in [0.05, 0.1) is 11.3 Å². The highest BCUT2D eigenvalue weighted by Gasteiger charge is 2.17. The standard InChI is InChI=1S/C21H20BrN3O2/c1-13(2)20-24-21(27-25-20)16-9-6-7-14(3)19(16)23-18(26)12-11-15-8-4-5-10-17(15)22/h4-13H,1-3H3,(H,23,26)/b12-11+. The fourth-order valence-corrected chi connectivity index (χ4v) is 2.95. The Morgan fingerprint density at radius 2 is 1.96 bits per heavy atom. The van der Waals surface area contributed by atoms with Gasteiger partial charge in [-0.25, -0.2) is 0 Å². The van der Waals surface area contributed by atoms with Crippen LogP contribution < -0.4 is 5.32 Å². The van der Waals surface area contributed by atoms with Crippen molar-refractivity contribution in [3.8, 4) is 11.5 Å². The first-order valence-corrected chi connectivity index (χ1v) is 9.42. The lowest BCUT2D eigenvalue weighted by Crippen LogP contribution is -2.10. The molecule has 27 heavy (non-hydrogen) atoms. The third kappa shape index (κ3) is 4.52. The van der Waals surface area contributed by atoms with Crippen molar-refractivity contribution in [2.24, 2.45) is 0 Å². The van der Waals surface area contributed by atoms with E-state index in [9.17, 15) is 4.79 Å². The van der Waals surface area contributed by atoms with E-state index in [1.165, 1.54) is 6.08 Å². The van der Waals surface area contributed by atoms with Crippen LogP contribution in [-0.2, 0) is 4.79 Å². The van der Waals surface area contributed by atoms with Crippen molar-refractivity contribution in [2.45, 2.75) is 26.7 Å². The quantitative estimate of drug-likeness (QED) is 0.541. The SMILES string of the molecule is Cc1cccc(-c2nc(C(C)C)no2)c1NC(=O)/C=C/c1ccccc1Br. The number of hydrogen-bond donors (Lipinski definition) is 1. The lowest BCUT2D eigenvalue weighted by molar-refractivity contribution is -0.111. The van der Waals surface area contributed by atoms with E-state index in [0.717, 1.165) is 15.6 Å². The Balaban J connectivity index is 1.86. The third-order valence-corrected chi connectivity index (χ3v) is 4.75. The Morgan fingerprint density at radius 1 is 1.19 bits per heavy atom. The van der Waals surface area contributed by atoms with Crippen molar-refractivity contribution >= 4 is 33.6 Å². The molecule has 0 saturated heterocycles. The van der Waals surface area contributed by atoms with Gasteiger partial charge in [0.1, 0.15) is 0 Å². The molecule has 0 spiro atoms. The molecule has 5 nitrogen and oxygen atoms in total. The molecular formula is C21H20BrN3O2. The molecule has 1 N–H and O–H groups in total. The van der Waals surface area contributed by atoms with Crippen LogP contribution in [0.5, 0.6) is 0 Å². The molecule has 0 aliphatic rings. The number of aromatic nitrogens is 2. The minimum atomic E-state index is -0.232. The zero-order chi connectivity index (χ0) is 19.4. The molecular weight excluding hydrogens is 406 g/mol. The minimum Gasteiger partial charge on any atom is -0.334 e. The highest BCUT2D eigenvalue weighted by molar-refractivity contribution is 9.10. The second kappa shape index (κ2) is 8.31. The molecule has 3 aromatic rings. The summed E-state index contributed by atoms with van der Waals surface area (Å²) >= 11 is 3.47. The normalized spacial score (nSPS) is 11.3. The van der Waals surface area contributed by atoms with Crippen LogP contribution in [0, 0.1) is 6.92 Å². The maximum absolute atomic E-state index is 12.5. The number of nitrogens with zero attached hydrogens (tertiary/aromatic N) is 2. The van der Waals surface area contributed by atoms with Crippen molar-refractivity contribution in [3.63, 3.8) is 0 Å². The number of carbonyl (C=O) groups is 1. The molecule has 0 atom stereocenters. The predicted octanol–water partition coefficient (Wildman–Crippen LogP) is 5.58. The zero-order valence-corrected chi connectivity index (χ0v) is 16.9. The molecule has 3 rings (SSSR count). The van der Waals surface area contributed by atoms with E-state index in [-0.39, 0.29) is 11.8 Å². The van der Waals surface area contributed by atoms with E-state index in [2.05, 4.69) is 31.4 Å². The van der Waals surface area contributed by atoms with Gasteiger partial charge in [0.15, 0.2) is 5.82 Å². The summed E-state index contributed by atoms with van der Waals surface area (Å²) in [5.41, 5.74) is 3.21.